The van der Waals surface area contributed by atoms with Gasteiger partial charge in [0.15, 0.2) is 0 Å². The third-order valence-electron chi connectivity index (χ3n) is 3.86. The molecule has 4 heteroatoms. The van der Waals surface area contributed by atoms with Crippen molar-refractivity contribution in [3.8, 4) is 0 Å². The highest BCUT2D eigenvalue weighted by Crippen LogP contribution is 2.22. The SMILES string of the molecule is CCN(CC)c1ccc([C@@H](N)[C@@H](O)CCC(C)C)cc1.Cl. The average molecular weight is 315 g/mol. The van der Waals surface area contributed by atoms with Crippen molar-refractivity contribution in [1.82, 2.24) is 0 Å². The summed E-state index contributed by atoms with van der Waals surface area (Å²) >= 11 is 0. The maximum atomic E-state index is 10.2. The van der Waals surface area contributed by atoms with Crippen molar-refractivity contribution >= 4 is 18.1 Å². The molecule has 122 valence electrons. The second-order valence-electron chi connectivity index (χ2n) is 5.83. The van der Waals surface area contributed by atoms with E-state index < -0.39 is 6.10 Å². The van der Waals surface area contributed by atoms with Crippen molar-refractivity contribution in [1.29, 1.82) is 0 Å². The standard InChI is InChI=1S/C17H30N2O.ClH/c1-5-19(6-2)15-10-8-14(9-11-15)17(18)16(20)12-7-13(3)4;/h8-11,13,16-17,20H,5-7,12,18H2,1-4H3;1H/t16-,17+;/m0./s1. The van der Waals surface area contributed by atoms with Crippen molar-refractivity contribution in [2.24, 2.45) is 11.7 Å². The summed E-state index contributed by atoms with van der Waals surface area (Å²) in [4.78, 5) is 2.30. The normalized spacial score (nSPS) is 13.7. The Labute approximate surface area is 135 Å². The first-order valence-electron chi connectivity index (χ1n) is 7.78. The number of anilines is 1. The van der Waals surface area contributed by atoms with Gasteiger partial charge in [-0.15, -0.1) is 12.4 Å². The number of hydrogen-bond donors (Lipinski definition) is 2. The molecule has 0 aromatic heterocycles. The number of rotatable bonds is 8. The van der Waals surface area contributed by atoms with E-state index in [2.05, 4.69) is 44.7 Å². The molecular formula is C17H31ClN2O. The Kier molecular flexibility index (Phi) is 9.67. The Morgan fingerprint density at radius 2 is 1.57 bits per heavy atom. The van der Waals surface area contributed by atoms with Gasteiger partial charge >= 0.3 is 0 Å². The summed E-state index contributed by atoms with van der Waals surface area (Å²) in [6.45, 7) is 10.6. The molecule has 0 aliphatic rings. The molecule has 0 aliphatic heterocycles. The van der Waals surface area contributed by atoms with Crippen LogP contribution in [0.1, 0.15) is 52.1 Å². The Hall–Kier alpha value is -0.770. The molecule has 1 aromatic carbocycles. The molecule has 0 aliphatic carbocycles. The van der Waals surface area contributed by atoms with Gasteiger partial charge in [0.2, 0.25) is 0 Å². The van der Waals surface area contributed by atoms with E-state index in [0.29, 0.717) is 5.92 Å². The van der Waals surface area contributed by atoms with Crippen molar-refractivity contribution in [2.75, 3.05) is 18.0 Å². The molecule has 0 fully saturated rings. The molecule has 0 spiro atoms. The van der Waals surface area contributed by atoms with E-state index in [9.17, 15) is 5.11 Å². The topological polar surface area (TPSA) is 49.5 Å². The smallest absolute Gasteiger partial charge is 0.0732 e. The summed E-state index contributed by atoms with van der Waals surface area (Å²) in [5, 5.41) is 10.2. The minimum atomic E-state index is -0.461. The van der Waals surface area contributed by atoms with Crippen LogP contribution in [0.2, 0.25) is 0 Å². The summed E-state index contributed by atoms with van der Waals surface area (Å²) < 4.78 is 0. The summed E-state index contributed by atoms with van der Waals surface area (Å²) in [5.41, 5.74) is 8.37. The maximum absolute atomic E-state index is 10.2. The van der Waals surface area contributed by atoms with Crippen molar-refractivity contribution in [3.05, 3.63) is 29.8 Å². The van der Waals surface area contributed by atoms with Gasteiger partial charge in [-0.05, 0) is 50.3 Å². The number of aliphatic hydroxyl groups excluding tert-OH is 1. The zero-order valence-electron chi connectivity index (χ0n) is 13.7. The Morgan fingerprint density at radius 3 is 2.00 bits per heavy atom. The molecule has 3 nitrogen and oxygen atoms in total. The van der Waals surface area contributed by atoms with Gasteiger partial charge in [-0.25, -0.2) is 0 Å². The van der Waals surface area contributed by atoms with E-state index >= 15 is 0 Å². The summed E-state index contributed by atoms with van der Waals surface area (Å²) in [5.74, 6) is 0.599. The van der Waals surface area contributed by atoms with Gasteiger partial charge in [0.05, 0.1) is 12.1 Å². The van der Waals surface area contributed by atoms with E-state index in [0.717, 1.165) is 31.5 Å². The molecule has 0 radical (unpaired) electrons. The summed E-state index contributed by atoms with van der Waals surface area (Å²) in [6.07, 6.45) is 1.31. The van der Waals surface area contributed by atoms with E-state index in [1.807, 2.05) is 12.1 Å². The van der Waals surface area contributed by atoms with Gasteiger partial charge in [0.25, 0.3) is 0 Å². The quantitative estimate of drug-likeness (QED) is 0.768. The molecule has 0 heterocycles. The molecule has 0 saturated carbocycles. The Balaban J connectivity index is 0.00000400. The van der Waals surface area contributed by atoms with E-state index in [-0.39, 0.29) is 18.4 Å². The number of benzene rings is 1. The van der Waals surface area contributed by atoms with Gasteiger partial charge in [-0.1, -0.05) is 26.0 Å². The second-order valence-corrected chi connectivity index (χ2v) is 5.83. The minimum Gasteiger partial charge on any atom is -0.391 e. The number of halogens is 1. The van der Waals surface area contributed by atoms with Crippen LogP contribution in [0.4, 0.5) is 5.69 Å². The zero-order valence-corrected chi connectivity index (χ0v) is 14.6. The number of aliphatic hydroxyl groups is 1. The van der Waals surface area contributed by atoms with Gasteiger partial charge in [-0.2, -0.15) is 0 Å². The lowest BCUT2D eigenvalue weighted by atomic mass is 9.96. The molecule has 3 N–H and O–H groups in total. The highest BCUT2D eigenvalue weighted by Gasteiger charge is 2.17. The van der Waals surface area contributed by atoms with Crippen molar-refractivity contribution in [2.45, 2.75) is 52.7 Å². The highest BCUT2D eigenvalue weighted by atomic mass is 35.5. The fourth-order valence-corrected chi connectivity index (χ4v) is 2.40. The summed E-state index contributed by atoms with van der Waals surface area (Å²) in [6, 6.07) is 7.97. The minimum absolute atomic E-state index is 0. The largest absolute Gasteiger partial charge is 0.391 e. The lowest BCUT2D eigenvalue weighted by molar-refractivity contribution is 0.128. The molecule has 0 amide bonds. The fraction of sp³-hybridized carbons (Fsp3) is 0.647. The van der Waals surface area contributed by atoms with Gasteiger partial charge in [0, 0.05) is 18.8 Å². The predicted octanol–water partition coefficient (Wildman–Crippen LogP) is 3.75. The first-order chi connectivity index (χ1) is 9.49. The zero-order chi connectivity index (χ0) is 15.1. The summed E-state index contributed by atoms with van der Waals surface area (Å²) in [7, 11) is 0. The predicted molar refractivity (Wildman–Crippen MR) is 94.3 cm³/mol. The third-order valence-corrected chi connectivity index (χ3v) is 3.86. The Morgan fingerprint density at radius 1 is 1.05 bits per heavy atom. The number of nitrogens with zero attached hydrogens (tertiary/aromatic N) is 1. The van der Waals surface area contributed by atoms with Crippen LogP contribution in [0.15, 0.2) is 24.3 Å². The molecular weight excluding hydrogens is 284 g/mol. The fourth-order valence-electron chi connectivity index (χ4n) is 2.40. The van der Waals surface area contributed by atoms with Crippen LogP contribution < -0.4 is 10.6 Å². The van der Waals surface area contributed by atoms with Crippen molar-refractivity contribution < 1.29 is 5.11 Å². The molecule has 1 aromatic rings. The first-order valence-corrected chi connectivity index (χ1v) is 7.78. The molecule has 0 bridgehead atoms. The molecule has 1 rings (SSSR count). The monoisotopic (exact) mass is 314 g/mol. The van der Waals surface area contributed by atoms with Crippen LogP contribution in [0.25, 0.3) is 0 Å². The van der Waals surface area contributed by atoms with Crippen LogP contribution in [-0.4, -0.2) is 24.3 Å². The number of nitrogens with two attached hydrogens (primary N) is 1. The average Bonchev–Trinajstić information content (AvgIpc) is 2.46. The number of hydrogen-bond acceptors (Lipinski definition) is 3. The van der Waals surface area contributed by atoms with Crippen LogP contribution >= 0.6 is 12.4 Å². The maximum Gasteiger partial charge on any atom is 0.0732 e. The molecule has 2 atom stereocenters. The molecule has 21 heavy (non-hydrogen) atoms. The van der Waals surface area contributed by atoms with Crippen LogP contribution in [-0.2, 0) is 0 Å². The first kappa shape index (κ1) is 20.2. The lowest BCUT2D eigenvalue weighted by Gasteiger charge is -2.23. The third kappa shape index (κ3) is 6.25. The van der Waals surface area contributed by atoms with E-state index in [4.69, 9.17) is 5.73 Å². The van der Waals surface area contributed by atoms with Crippen molar-refractivity contribution in [3.63, 3.8) is 0 Å². The van der Waals surface area contributed by atoms with Crippen LogP contribution in [0.5, 0.6) is 0 Å². The molecule has 0 unspecified atom stereocenters. The van der Waals surface area contributed by atoms with E-state index in [1.54, 1.807) is 0 Å². The van der Waals surface area contributed by atoms with E-state index in [1.165, 1.54) is 5.69 Å². The molecule has 0 saturated heterocycles. The Bertz CT molecular complexity index is 377. The van der Waals surface area contributed by atoms with Crippen LogP contribution in [0, 0.1) is 5.92 Å². The van der Waals surface area contributed by atoms with Crippen LogP contribution in [0.3, 0.4) is 0 Å². The second kappa shape index (κ2) is 10.0. The van der Waals surface area contributed by atoms with Gasteiger partial charge < -0.3 is 15.7 Å². The van der Waals surface area contributed by atoms with Gasteiger partial charge in [-0.3, -0.25) is 0 Å². The van der Waals surface area contributed by atoms with Gasteiger partial charge in [0.1, 0.15) is 0 Å². The highest BCUT2D eigenvalue weighted by molar-refractivity contribution is 5.85. The lowest BCUT2D eigenvalue weighted by Crippen LogP contribution is -2.27.